The number of nitrogens with zero attached hydrogens (tertiary/aromatic N) is 6. The summed E-state index contributed by atoms with van der Waals surface area (Å²) >= 11 is 7.37. The predicted molar refractivity (Wildman–Crippen MR) is 106 cm³/mol. The van der Waals surface area contributed by atoms with E-state index in [1.54, 1.807) is 24.5 Å². The molecule has 1 saturated heterocycles. The Balaban J connectivity index is 1.29. The number of thioether (sulfide) groups is 1. The number of rotatable bonds is 5. The molecule has 0 atom stereocenters. The van der Waals surface area contributed by atoms with Gasteiger partial charge < -0.3 is 14.2 Å². The van der Waals surface area contributed by atoms with E-state index < -0.39 is 0 Å². The summed E-state index contributed by atoms with van der Waals surface area (Å²) in [7, 11) is 0. The third-order valence-electron chi connectivity index (χ3n) is 4.30. The molecule has 0 saturated carbocycles. The molecule has 1 aromatic carbocycles. The molecule has 2 aromatic heterocycles. The lowest BCUT2D eigenvalue weighted by Crippen LogP contribution is -2.49. The molecule has 1 aliphatic heterocycles. The lowest BCUT2D eigenvalue weighted by atomic mass is 10.2. The van der Waals surface area contributed by atoms with Gasteiger partial charge in [0.05, 0.1) is 16.3 Å². The average molecular weight is 417 g/mol. The van der Waals surface area contributed by atoms with Gasteiger partial charge in [0.1, 0.15) is 0 Å². The first-order valence-electron chi connectivity index (χ1n) is 8.71. The predicted octanol–water partition coefficient (Wildman–Crippen LogP) is 2.62. The molecule has 0 unspecified atom stereocenters. The van der Waals surface area contributed by atoms with E-state index in [-0.39, 0.29) is 11.7 Å². The summed E-state index contributed by atoms with van der Waals surface area (Å²) < 4.78 is 5.62. The fourth-order valence-electron chi connectivity index (χ4n) is 2.84. The topological polar surface area (TPSA) is 88.3 Å². The van der Waals surface area contributed by atoms with Crippen LogP contribution in [-0.2, 0) is 4.79 Å². The third-order valence-corrected chi connectivity index (χ3v) is 5.43. The molecule has 28 heavy (non-hydrogen) atoms. The highest BCUT2D eigenvalue weighted by Gasteiger charge is 2.23. The molecule has 1 amide bonds. The second-order valence-corrected chi connectivity index (χ2v) is 7.39. The Morgan fingerprint density at radius 2 is 1.82 bits per heavy atom. The highest BCUT2D eigenvalue weighted by atomic mass is 35.5. The van der Waals surface area contributed by atoms with Crippen LogP contribution in [0, 0.1) is 0 Å². The van der Waals surface area contributed by atoms with Crippen LogP contribution in [0.25, 0.3) is 11.5 Å². The van der Waals surface area contributed by atoms with Gasteiger partial charge in [-0.1, -0.05) is 35.5 Å². The minimum Gasteiger partial charge on any atom is -0.411 e. The Kier molecular flexibility index (Phi) is 5.73. The molecule has 4 rings (SSSR count). The van der Waals surface area contributed by atoms with Gasteiger partial charge in [-0.2, -0.15) is 0 Å². The maximum absolute atomic E-state index is 12.5. The Morgan fingerprint density at radius 3 is 2.57 bits per heavy atom. The van der Waals surface area contributed by atoms with Gasteiger partial charge in [0, 0.05) is 38.6 Å². The van der Waals surface area contributed by atoms with Crippen LogP contribution < -0.4 is 4.90 Å². The van der Waals surface area contributed by atoms with Gasteiger partial charge in [0.2, 0.25) is 17.7 Å². The molecule has 0 aliphatic carbocycles. The molecule has 1 aliphatic rings. The zero-order chi connectivity index (χ0) is 19.3. The van der Waals surface area contributed by atoms with Gasteiger partial charge in [0.25, 0.3) is 5.22 Å². The van der Waals surface area contributed by atoms with E-state index in [4.69, 9.17) is 16.0 Å². The molecule has 144 valence electrons. The molecule has 0 bridgehead atoms. The number of anilines is 1. The lowest BCUT2D eigenvalue weighted by molar-refractivity contribution is -0.128. The van der Waals surface area contributed by atoms with E-state index in [0.29, 0.717) is 53.8 Å². The van der Waals surface area contributed by atoms with Crippen LogP contribution in [0.5, 0.6) is 0 Å². The van der Waals surface area contributed by atoms with Crippen molar-refractivity contribution in [2.24, 2.45) is 0 Å². The fourth-order valence-corrected chi connectivity index (χ4v) is 3.72. The van der Waals surface area contributed by atoms with E-state index >= 15 is 0 Å². The zero-order valence-electron chi connectivity index (χ0n) is 14.9. The molecule has 0 radical (unpaired) electrons. The minimum absolute atomic E-state index is 0.0381. The van der Waals surface area contributed by atoms with Gasteiger partial charge in [-0.3, -0.25) is 4.79 Å². The molecular formula is C18H17ClN6O2S. The van der Waals surface area contributed by atoms with Crippen molar-refractivity contribution in [3.63, 3.8) is 0 Å². The summed E-state index contributed by atoms with van der Waals surface area (Å²) in [6.07, 6.45) is 3.44. The summed E-state index contributed by atoms with van der Waals surface area (Å²) in [6, 6.07) is 9.04. The average Bonchev–Trinajstić information content (AvgIpc) is 3.22. The molecule has 0 spiro atoms. The summed E-state index contributed by atoms with van der Waals surface area (Å²) in [4.78, 5) is 24.9. The smallest absolute Gasteiger partial charge is 0.277 e. The SMILES string of the molecule is O=C(CSc1nnc(-c2ccccc2Cl)o1)N1CCN(c2ncccn2)CC1. The van der Waals surface area contributed by atoms with E-state index in [1.807, 2.05) is 23.1 Å². The summed E-state index contributed by atoms with van der Waals surface area (Å²) in [5, 5.41) is 8.90. The Morgan fingerprint density at radius 1 is 1.07 bits per heavy atom. The van der Waals surface area contributed by atoms with Gasteiger partial charge in [-0.15, -0.1) is 10.2 Å². The number of piperazine rings is 1. The molecule has 1 fully saturated rings. The Hall–Kier alpha value is -2.65. The molecule has 3 aromatic rings. The quantitative estimate of drug-likeness (QED) is 0.586. The molecule has 8 nitrogen and oxygen atoms in total. The number of carbonyl (C=O) groups excluding carboxylic acids is 1. The first-order chi connectivity index (χ1) is 13.7. The molecular weight excluding hydrogens is 400 g/mol. The van der Waals surface area contributed by atoms with Crippen molar-refractivity contribution in [3.8, 4) is 11.5 Å². The van der Waals surface area contributed by atoms with E-state index in [1.165, 1.54) is 11.8 Å². The van der Waals surface area contributed by atoms with Crippen molar-refractivity contribution in [1.82, 2.24) is 25.1 Å². The third kappa shape index (κ3) is 4.26. The number of halogens is 1. The summed E-state index contributed by atoms with van der Waals surface area (Å²) in [5.41, 5.74) is 0.675. The number of hydrogen-bond acceptors (Lipinski definition) is 8. The van der Waals surface area contributed by atoms with Gasteiger partial charge in [-0.25, -0.2) is 9.97 Å². The van der Waals surface area contributed by atoms with Gasteiger partial charge >= 0.3 is 0 Å². The number of benzene rings is 1. The van der Waals surface area contributed by atoms with E-state index in [9.17, 15) is 4.79 Å². The first kappa shape index (κ1) is 18.7. The van der Waals surface area contributed by atoms with E-state index in [0.717, 1.165) is 0 Å². The number of carbonyl (C=O) groups is 1. The number of amides is 1. The minimum atomic E-state index is 0.0381. The maximum Gasteiger partial charge on any atom is 0.277 e. The van der Waals surface area contributed by atoms with Crippen LogP contribution in [-0.4, -0.2) is 62.9 Å². The Bertz CT molecular complexity index is 946. The second-order valence-electron chi connectivity index (χ2n) is 6.06. The van der Waals surface area contributed by atoms with Crippen molar-refractivity contribution in [1.29, 1.82) is 0 Å². The van der Waals surface area contributed by atoms with Crippen LogP contribution in [0.1, 0.15) is 0 Å². The van der Waals surface area contributed by atoms with Crippen molar-refractivity contribution in [3.05, 3.63) is 47.7 Å². The number of hydrogen-bond donors (Lipinski definition) is 0. The monoisotopic (exact) mass is 416 g/mol. The zero-order valence-corrected chi connectivity index (χ0v) is 16.4. The second kappa shape index (κ2) is 8.57. The van der Waals surface area contributed by atoms with Gasteiger partial charge in [-0.05, 0) is 18.2 Å². The lowest BCUT2D eigenvalue weighted by Gasteiger charge is -2.34. The highest BCUT2D eigenvalue weighted by molar-refractivity contribution is 7.99. The fraction of sp³-hybridized carbons (Fsp3) is 0.278. The normalized spacial score (nSPS) is 14.3. The van der Waals surface area contributed by atoms with E-state index in [2.05, 4.69) is 25.1 Å². The first-order valence-corrected chi connectivity index (χ1v) is 10.1. The Labute approximate surface area is 170 Å². The van der Waals surface area contributed by atoms with Crippen LogP contribution in [0.2, 0.25) is 5.02 Å². The van der Waals surface area contributed by atoms with Crippen molar-refractivity contribution in [2.75, 3.05) is 36.8 Å². The van der Waals surface area contributed by atoms with Crippen LogP contribution in [0.4, 0.5) is 5.95 Å². The van der Waals surface area contributed by atoms with Crippen molar-refractivity contribution < 1.29 is 9.21 Å². The summed E-state index contributed by atoms with van der Waals surface area (Å²) in [5.74, 6) is 1.32. The van der Waals surface area contributed by atoms with Crippen molar-refractivity contribution in [2.45, 2.75) is 5.22 Å². The number of aromatic nitrogens is 4. The van der Waals surface area contributed by atoms with Crippen LogP contribution >= 0.6 is 23.4 Å². The van der Waals surface area contributed by atoms with Crippen molar-refractivity contribution >= 4 is 35.2 Å². The van der Waals surface area contributed by atoms with Crippen LogP contribution in [0.15, 0.2) is 52.4 Å². The largest absolute Gasteiger partial charge is 0.411 e. The molecule has 3 heterocycles. The van der Waals surface area contributed by atoms with Crippen LogP contribution in [0.3, 0.4) is 0 Å². The summed E-state index contributed by atoms with van der Waals surface area (Å²) in [6.45, 7) is 2.67. The maximum atomic E-state index is 12.5. The van der Waals surface area contributed by atoms with Gasteiger partial charge in [0.15, 0.2) is 0 Å². The molecule has 10 heteroatoms. The standard InChI is InChI=1S/C18H17ClN6O2S/c19-14-5-2-1-4-13(14)16-22-23-18(27-16)28-12-15(26)24-8-10-25(11-9-24)17-20-6-3-7-21-17/h1-7H,8-12H2. The highest BCUT2D eigenvalue weighted by Crippen LogP contribution is 2.28. The molecule has 0 N–H and O–H groups in total.